The fraction of sp³-hybridized carbons (Fsp3) is 0.364. The highest BCUT2D eigenvalue weighted by Gasteiger charge is 2.22. The zero-order valence-electron chi connectivity index (χ0n) is 8.01. The second kappa shape index (κ2) is 3.88. The monoisotopic (exact) mass is 301 g/mol. The van der Waals surface area contributed by atoms with Crippen LogP contribution in [0.15, 0.2) is 18.2 Å². The van der Waals surface area contributed by atoms with Crippen molar-refractivity contribution in [2.45, 2.75) is 25.8 Å². The molecule has 1 fully saturated rings. The molecule has 1 saturated heterocycles. The predicted octanol–water partition coefficient (Wildman–Crippen LogP) is 2.55. The first kappa shape index (κ1) is 9.96. The van der Waals surface area contributed by atoms with E-state index >= 15 is 0 Å². The number of hydrogen-bond acceptors (Lipinski definition) is 1. The molecule has 1 aromatic carbocycles. The van der Waals surface area contributed by atoms with Crippen molar-refractivity contribution < 1.29 is 4.79 Å². The van der Waals surface area contributed by atoms with E-state index in [2.05, 4.69) is 53.0 Å². The first-order valence-corrected chi connectivity index (χ1v) is 5.80. The Morgan fingerprint density at radius 1 is 1.50 bits per heavy atom. The summed E-state index contributed by atoms with van der Waals surface area (Å²) in [4.78, 5) is 11.1. The number of benzene rings is 1. The van der Waals surface area contributed by atoms with Crippen LogP contribution in [0.1, 0.15) is 30.0 Å². The Morgan fingerprint density at radius 3 is 2.86 bits per heavy atom. The van der Waals surface area contributed by atoms with E-state index in [4.69, 9.17) is 0 Å². The van der Waals surface area contributed by atoms with Gasteiger partial charge in [-0.3, -0.25) is 4.79 Å². The Labute approximate surface area is 97.2 Å². The molecule has 1 N–H and O–H groups in total. The summed E-state index contributed by atoms with van der Waals surface area (Å²) >= 11 is 2.32. The zero-order valence-corrected chi connectivity index (χ0v) is 10.2. The lowest BCUT2D eigenvalue weighted by Gasteiger charge is -2.11. The molecule has 0 aromatic heterocycles. The molecule has 0 bridgehead atoms. The largest absolute Gasteiger partial charge is 0.349 e. The smallest absolute Gasteiger partial charge is 0.220 e. The number of halogens is 1. The number of hydrogen-bond donors (Lipinski definition) is 1. The Kier molecular flexibility index (Phi) is 2.76. The van der Waals surface area contributed by atoms with Gasteiger partial charge in [0.25, 0.3) is 0 Å². The van der Waals surface area contributed by atoms with E-state index in [1.807, 2.05) is 0 Å². The van der Waals surface area contributed by atoms with E-state index in [1.165, 1.54) is 14.7 Å². The molecule has 74 valence electrons. The van der Waals surface area contributed by atoms with Crippen LogP contribution < -0.4 is 5.32 Å². The predicted molar refractivity (Wildman–Crippen MR) is 64.0 cm³/mol. The van der Waals surface area contributed by atoms with Gasteiger partial charge in [-0.15, -0.1) is 0 Å². The second-order valence-electron chi connectivity index (χ2n) is 3.67. The van der Waals surface area contributed by atoms with E-state index < -0.39 is 0 Å². The number of nitrogens with one attached hydrogen (secondary N) is 1. The van der Waals surface area contributed by atoms with Crippen LogP contribution in [0.3, 0.4) is 0 Å². The molecule has 2 nitrogen and oxygen atoms in total. The molecule has 1 aliphatic rings. The minimum Gasteiger partial charge on any atom is -0.349 e. The van der Waals surface area contributed by atoms with Crippen molar-refractivity contribution in [3.05, 3.63) is 32.9 Å². The van der Waals surface area contributed by atoms with Crippen LogP contribution in [-0.4, -0.2) is 5.91 Å². The molecule has 1 amide bonds. The summed E-state index contributed by atoms with van der Waals surface area (Å²) in [6.07, 6.45) is 1.59. The van der Waals surface area contributed by atoms with Crippen LogP contribution in [0.5, 0.6) is 0 Å². The highest BCUT2D eigenvalue weighted by Crippen LogP contribution is 2.25. The van der Waals surface area contributed by atoms with Gasteiger partial charge in [-0.1, -0.05) is 12.1 Å². The topological polar surface area (TPSA) is 29.1 Å². The molecule has 1 aliphatic heterocycles. The maximum Gasteiger partial charge on any atom is 0.220 e. The van der Waals surface area contributed by atoms with Gasteiger partial charge in [0.05, 0.1) is 6.04 Å². The summed E-state index contributed by atoms with van der Waals surface area (Å²) in [7, 11) is 0. The first-order valence-electron chi connectivity index (χ1n) is 4.72. The molecule has 0 aliphatic carbocycles. The molecular formula is C11H12INO. The number of aryl methyl sites for hydroxylation is 1. The summed E-state index contributed by atoms with van der Waals surface area (Å²) in [5, 5.41) is 2.98. The lowest BCUT2D eigenvalue weighted by Crippen LogP contribution is -2.18. The van der Waals surface area contributed by atoms with Gasteiger partial charge < -0.3 is 5.32 Å². The summed E-state index contributed by atoms with van der Waals surface area (Å²) in [6, 6.07) is 6.61. The fourth-order valence-electron chi connectivity index (χ4n) is 1.75. The molecule has 1 aromatic rings. The molecular weight excluding hydrogens is 289 g/mol. The van der Waals surface area contributed by atoms with Gasteiger partial charge in [0, 0.05) is 9.99 Å². The number of carbonyl (C=O) groups is 1. The van der Waals surface area contributed by atoms with Crippen LogP contribution in [0, 0.1) is 10.5 Å². The minimum absolute atomic E-state index is 0.172. The molecule has 1 heterocycles. The maximum atomic E-state index is 11.1. The zero-order chi connectivity index (χ0) is 10.1. The van der Waals surface area contributed by atoms with Crippen LogP contribution >= 0.6 is 22.6 Å². The Bertz CT molecular complexity index is 376. The summed E-state index contributed by atoms with van der Waals surface area (Å²) in [6.45, 7) is 2.10. The van der Waals surface area contributed by atoms with Crippen LogP contribution in [0.4, 0.5) is 0 Å². The van der Waals surface area contributed by atoms with Gasteiger partial charge in [0.1, 0.15) is 0 Å². The van der Waals surface area contributed by atoms with Gasteiger partial charge in [0.15, 0.2) is 0 Å². The average Bonchev–Trinajstić information content (AvgIpc) is 2.57. The van der Waals surface area contributed by atoms with Gasteiger partial charge in [-0.25, -0.2) is 0 Å². The van der Waals surface area contributed by atoms with Crippen molar-refractivity contribution in [2.24, 2.45) is 0 Å². The highest BCUT2D eigenvalue weighted by molar-refractivity contribution is 14.1. The van der Waals surface area contributed by atoms with Gasteiger partial charge in [-0.05, 0) is 53.1 Å². The molecule has 0 radical (unpaired) electrons. The number of carbonyl (C=O) groups excluding carboxylic acids is 1. The van der Waals surface area contributed by atoms with E-state index in [0.717, 1.165) is 6.42 Å². The summed E-state index contributed by atoms with van der Waals surface area (Å²) < 4.78 is 1.27. The molecule has 0 saturated carbocycles. The number of rotatable bonds is 1. The lowest BCUT2D eigenvalue weighted by molar-refractivity contribution is -0.119. The highest BCUT2D eigenvalue weighted by atomic mass is 127. The Hall–Kier alpha value is -0.580. The molecule has 0 spiro atoms. The standard InChI is InChI=1S/C11H12INO/c1-7-6-8(2-3-9(7)12)10-4-5-11(14)13-10/h2-3,6,10H,4-5H2,1H3,(H,13,14)/t10-/m1/s1. The summed E-state index contributed by atoms with van der Waals surface area (Å²) in [5.41, 5.74) is 2.51. The van der Waals surface area contributed by atoms with E-state index in [-0.39, 0.29) is 11.9 Å². The van der Waals surface area contributed by atoms with Gasteiger partial charge >= 0.3 is 0 Å². The SMILES string of the molecule is Cc1cc([C@H]2CCC(=O)N2)ccc1I. The van der Waals surface area contributed by atoms with Crippen LogP contribution in [0.2, 0.25) is 0 Å². The number of amides is 1. The third-order valence-electron chi connectivity index (χ3n) is 2.58. The van der Waals surface area contributed by atoms with Crippen molar-refractivity contribution in [3.8, 4) is 0 Å². The third-order valence-corrected chi connectivity index (χ3v) is 3.79. The normalized spacial score (nSPS) is 21.0. The molecule has 0 unspecified atom stereocenters. The second-order valence-corrected chi connectivity index (χ2v) is 4.83. The lowest BCUT2D eigenvalue weighted by atomic mass is 10.0. The third kappa shape index (κ3) is 1.92. The van der Waals surface area contributed by atoms with Gasteiger partial charge in [-0.2, -0.15) is 0 Å². The van der Waals surface area contributed by atoms with Crippen molar-refractivity contribution in [3.63, 3.8) is 0 Å². The van der Waals surface area contributed by atoms with E-state index in [0.29, 0.717) is 6.42 Å². The van der Waals surface area contributed by atoms with Crippen molar-refractivity contribution in [2.75, 3.05) is 0 Å². The van der Waals surface area contributed by atoms with E-state index in [1.54, 1.807) is 0 Å². The van der Waals surface area contributed by atoms with Crippen LogP contribution in [-0.2, 0) is 4.79 Å². The molecule has 2 rings (SSSR count). The maximum absolute atomic E-state index is 11.1. The minimum atomic E-state index is 0.172. The quantitative estimate of drug-likeness (QED) is 0.794. The van der Waals surface area contributed by atoms with Crippen molar-refractivity contribution >= 4 is 28.5 Å². The molecule has 14 heavy (non-hydrogen) atoms. The van der Waals surface area contributed by atoms with Crippen molar-refractivity contribution in [1.29, 1.82) is 0 Å². The molecule has 1 atom stereocenters. The van der Waals surface area contributed by atoms with Crippen LogP contribution in [0.25, 0.3) is 0 Å². The summed E-state index contributed by atoms with van der Waals surface area (Å²) in [5.74, 6) is 0.172. The van der Waals surface area contributed by atoms with Gasteiger partial charge in [0.2, 0.25) is 5.91 Å². The van der Waals surface area contributed by atoms with Crippen molar-refractivity contribution in [1.82, 2.24) is 5.32 Å². The van der Waals surface area contributed by atoms with E-state index in [9.17, 15) is 4.79 Å². The Balaban J connectivity index is 2.24. The average molecular weight is 301 g/mol. The molecule has 3 heteroatoms. The first-order chi connectivity index (χ1) is 6.66. The Morgan fingerprint density at radius 2 is 2.29 bits per heavy atom. The fourth-order valence-corrected chi connectivity index (χ4v) is 2.08.